The molecular formula is C16H12FN3O4. The fraction of sp³-hybridized carbons (Fsp3) is 0.125. The topological polar surface area (TPSA) is 94.3 Å². The van der Waals surface area contributed by atoms with Crippen molar-refractivity contribution in [2.24, 2.45) is 0 Å². The Morgan fingerprint density at radius 2 is 2.08 bits per heavy atom. The van der Waals surface area contributed by atoms with Gasteiger partial charge in [-0.05, 0) is 25.1 Å². The smallest absolute Gasteiger partial charge is 0.308 e. The van der Waals surface area contributed by atoms with Crippen molar-refractivity contribution in [2.45, 2.75) is 13.8 Å². The summed E-state index contributed by atoms with van der Waals surface area (Å²) in [5, 5.41) is 9.92. The Bertz CT molecular complexity index is 1030. The summed E-state index contributed by atoms with van der Waals surface area (Å²) < 4.78 is 20.4. The molecule has 0 radical (unpaired) electrons. The molecule has 0 fully saturated rings. The third-order valence-electron chi connectivity index (χ3n) is 3.40. The van der Waals surface area contributed by atoms with Gasteiger partial charge in [-0.25, -0.2) is 14.4 Å². The Labute approximate surface area is 135 Å². The fourth-order valence-corrected chi connectivity index (χ4v) is 2.46. The molecule has 2 aromatic heterocycles. The molecule has 122 valence electrons. The molecule has 0 aliphatic heterocycles. The maximum atomic E-state index is 14.4. The van der Waals surface area contributed by atoms with Crippen molar-refractivity contribution in [1.29, 1.82) is 0 Å². The molecule has 1 N–H and O–H groups in total. The first-order valence-electron chi connectivity index (χ1n) is 6.93. The number of ether oxygens (including phenoxy) is 1. The molecular weight excluding hydrogens is 317 g/mol. The summed E-state index contributed by atoms with van der Waals surface area (Å²) >= 11 is 0. The van der Waals surface area contributed by atoms with Gasteiger partial charge in [-0.2, -0.15) is 0 Å². The summed E-state index contributed by atoms with van der Waals surface area (Å²) in [6, 6.07) is 5.35. The molecule has 3 rings (SSSR count). The van der Waals surface area contributed by atoms with Crippen LogP contribution in [0.25, 0.3) is 16.6 Å². The van der Waals surface area contributed by atoms with Crippen LogP contribution in [0.5, 0.6) is 11.6 Å². The van der Waals surface area contributed by atoms with Crippen molar-refractivity contribution >= 4 is 16.9 Å². The van der Waals surface area contributed by atoms with Crippen LogP contribution in [0.2, 0.25) is 0 Å². The number of carbonyl (C=O) groups is 1. The molecule has 0 bridgehead atoms. The summed E-state index contributed by atoms with van der Waals surface area (Å²) in [6.07, 6.45) is 1.03. The van der Waals surface area contributed by atoms with Gasteiger partial charge < -0.3 is 9.84 Å². The van der Waals surface area contributed by atoms with Crippen LogP contribution >= 0.6 is 0 Å². The molecule has 1 aromatic carbocycles. The van der Waals surface area contributed by atoms with Crippen LogP contribution in [0.4, 0.5) is 4.39 Å². The maximum absolute atomic E-state index is 14.4. The standard InChI is InChI=1S/C16H12FN3O4/c1-8-6-10-13(18-7-19-15(10)22)16(23)20(8)14-11(17)4-3-5-12(14)24-9(2)21/h3-7H,1-2H3,(H,18,19,22). The van der Waals surface area contributed by atoms with Crippen molar-refractivity contribution in [3.8, 4) is 17.3 Å². The minimum Gasteiger partial charge on any atom is -0.493 e. The highest BCUT2D eigenvalue weighted by Gasteiger charge is 2.19. The van der Waals surface area contributed by atoms with Gasteiger partial charge in [-0.3, -0.25) is 14.2 Å². The van der Waals surface area contributed by atoms with Crippen molar-refractivity contribution in [3.05, 3.63) is 52.5 Å². The molecule has 0 atom stereocenters. The Hall–Kier alpha value is -3.29. The highest BCUT2D eigenvalue weighted by atomic mass is 19.1. The number of carbonyl (C=O) groups excluding carboxylic acids is 1. The zero-order chi connectivity index (χ0) is 17.4. The number of hydrogen-bond donors (Lipinski definition) is 1. The van der Waals surface area contributed by atoms with Crippen LogP contribution in [0.1, 0.15) is 12.6 Å². The van der Waals surface area contributed by atoms with Gasteiger partial charge in [0.25, 0.3) is 5.56 Å². The lowest BCUT2D eigenvalue weighted by Crippen LogP contribution is -2.23. The van der Waals surface area contributed by atoms with Gasteiger partial charge in [0.2, 0.25) is 5.88 Å². The predicted molar refractivity (Wildman–Crippen MR) is 82.8 cm³/mol. The number of hydrogen-bond acceptors (Lipinski definition) is 6. The van der Waals surface area contributed by atoms with E-state index in [0.717, 1.165) is 17.0 Å². The molecule has 0 saturated heterocycles. The molecule has 3 aromatic rings. The Morgan fingerprint density at radius 3 is 2.79 bits per heavy atom. The van der Waals surface area contributed by atoms with Crippen molar-refractivity contribution in [2.75, 3.05) is 0 Å². The van der Waals surface area contributed by atoms with Crippen molar-refractivity contribution < 1.29 is 19.0 Å². The first-order valence-corrected chi connectivity index (χ1v) is 6.93. The number of benzene rings is 1. The van der Waals surface area contributed by atoms with E-state index in [-0.39, 0.29) is 28.2 Å². The van der Waals surface area contributed by atoms with E-state index in [1.807, 2.05) is 0 Å². The van der Waals surface area contributed by atoms with E-state index < -0.39 is 17.3 Å². The molecule has 0 aliphatic carbocycles. The number of fused-ring (bicyclic) bond motifs is 1. The number of esters is 1. The summed E-state index contributed by atoms with van der Waals surface area (Å²) in [5.74, 6) is -1.82. The number of para-hydroxylation sites is 1. The Kier molecular flexibility index (Phi) is 3.72. The lowest BCUT2D eigenvalue weighted by molar-refractivity contribution is -0.131. The number of aryl methyl sites for hydroxylation is 1. The Morgan fingerprint density at radius 1 is 1.33 bits per heavy atom. The second-order valence-electron chi connectivity index (χ2n) is 5.07. The molecule has 0 aliphatic rings. The average Bonchev–Trinajstić information content (AvgIpc) is 2.50. The number of pyridine rings is 1. The fourth-order valence-electron chi connectivity index (χ4n) is 2.46. The number of aromatic nitrogens is 3. The number of rotatable bonds is 2. The first kappa shape index (κ1) is 15.6. The summed E-state index contributed by atoms with van der Waals surface area (Å²) in [5.41, 5.74) is -0.627. The quantitative estimate of drug-likeness (QED) is 0.570. The van der Waals surface area contributed by atoms with Gasteiger partial charge in [-0.1, -0.05) is 6.07 Å². The zero-order valence-corrected chi connectivity index (χ0v) is 12.8. The molecule has 0 amide bonds. The predicted octanol–water partition coefficient (Wildman–Crippen LogP) is 1.86. The van der Waals surface area contributed by atoms with Crippen LogP contribution in [0.3, 0.4) is 0 Å². The second kappa shape index (κ2) is 5.73. The maximum Gasteiger partial charge on any atom is 0.308 e. The van der Waals surface area contributed by atoms with E-state index in [2.05, 4.69) is 9.97 Å². The van der Waals surface area contributed by atoms with E-state index in [1.54, 1.807) is 6.92 Å². The number of halogens is 1. The highest BCUT2D eigenvalue weighted by molar-refractivity contribution is 5.83. The monoisotopic (exact) mass is 329 g/mol. The third kappa shape index (κ3) is 2.47. The largest absolute Gasteiger partial charge is 0.493 e. The van der Waals surface area contributed by atoms with E-state index in [9.17, 15) is 19.1 Å². The van der Waals surface area contributed by atoms with Crippen LogP contribution in [0.15, 0.2) is 35.4 Å². The summed E-state index contributed by atoms with van der Waals surface area (Å²) in [7, 11) is 0. The molecule has 24 heavy (non-hydrogen) atoms. The number of nitrogens with zero attached hydrogens (tertiary/aromatic N) is 3. The van der Waals surface area contributed by atoms with Gasteiger partial charge in [0.15, 0.2) is 11.6 Å². The van der Waals surface area contributed by atoms with Gasteiger partial charge in [0.1, 0.15) is 17.5 Å². The van der Waals surface area contributed by atoms with E-state index >= 15 is 0 Å². The van der Waals surface area contributed by atoms with Crippen molar-refractivity contribution in [3.63, 3.8) is 0 Å². The molecule has 0 saturated carbocycles. The van der Waals surface area contributed by atoms with Crippen LogP contribution in [-0.2, 0) is 4.79 Å². The SMILES string of the molecule is CC(=O)Oc1cccc(F)c1-n1c(C)cc2c(O)ncnc2c1=O. The third-order valence-corrected chi connectivity index (χ3v) is 3.40. The number of aromatic hydroxyl groups is 1. The summed E-state index contributed by atoms with van der Waals surface area (Å²) in [4.78, 5) is 31.5. The average molecular weight is 329 g/mol. The lowest BCUT2D eigenvalue weighted by Gasteiger charge is -2.15. The minimum atomic E-state index is -0.739. The Balaban J connectivity index is 2.40. The molecule has 2 heterocycles. The minimum absolute atomic E-state index is 0.0786. The van der Waals surface area contributed by atoms with Gasteiger partial charge in [0, 0.05) is 12.6 Å². The zero-order valence-electron chi connectivity index (χ0n) is 12.8. The van der Waals surface area contributed by atoms with Crippen LogP contribution in [0, 0.1) is 12.7 Å². The van der Waals surface area contributed by atoms with Crippen LogP contribution in [-0.4, -0.2) is 25.6 Å². The lowest BCUT2D eigenvalue weighted by atomic mass is 10.2. The molecule has 0 spiro atoms. The normalized spacial score (nSPS) is 10.8. The van der Waals surface area contributed by atoms with E-state index in [1.165, 1.54) is 25.1 Å². The van der Waals surface area contributed by atoms with Gasteiger partial charge in [-0.15, -0.1) is 0 Å². The summed E-state index contributed by atoms with van der Waals surface area (Å²) in [6.45, 7) is 2.73. The van der Waals surface area contributed by atoms with E-state index in [4.69, 9.17) is 4.74 Å². The van der Waals surface area contributed by atoms with E-state index in [0.29, 0.717) is 5.69 Å². The first-order chi connectivity index (χ1) is 11.4. The molecule has 8 heteroatoms. The molecule has 0 unspecified atom stereocenters. The second-order valence-corrected chi connectivity index (χ2v) is 5.07. The highest BCUT2D eigenvalue weighted by Crippen LogP contribution is 2.28. The van der Waals surface area contributed by atoms with Gasteiger partial charge >= 0.3 is 5.97 Å². The van der Waals surface area contributed by atoms with Crippen LogP contribution < -0.4 is 10.3 Å². The molecule has 7 nitrogen and oxygen atoms in total. The van der Waals surface area contributed by atoms with Crippen molar-refractivity contribution in [1.82, 2.24) is 14.5 Å². The van der Waals surface area contributed by atoms with Gasteiger partial charge in [0.05, 0.1) is 5.39 Å².